The van der Waals surface area contributed by atoms with E-state index in [1.165, 1.54) is 12.1 Å². The molecule has 1 aliphatic rings. The van der Waals surface area contributed by atoms with E-state index in [2.05, 4.69) is 15.7 Å². The number of amidine groups is 1. The first-order valence-electron chi connectivity index (χ1n) is 7.36. The number of halogens is 2. The molecule has 6 nitrogen and oxygen atoms in total. The van der Waals surface area contributed by atoms with E-state index < -0.39 is 17.4 Å². The molecule has 1 aliphatic heterocycles. The third-order valence-corrected chi connectivity index (χ3v) is 4.53. The maximum Gasteiger partial charge on any atom is 1.00 e. The van der Waals surface area contributed by atoms with Crippen molar-refractivity contribution < 1.29 is 46.6 Å². The van der Waals surface area contributed by atoms with Crippen LogP contribution in [0.15, 0.2) is 17.1 Å². The van der Waals surface area contributed by atoms with Crippen LogP contribution in [-0.4, -0.2) is 24.6 Å². The van der Waals surface area contributed by atoms with Crippen molar-refractivity contribution in [1.82, 2.24) is 9.84 Å². The normalized spacial score (nSPS) is 18.8. The Hall–Kier alpha value is -0.230. The van der Waals surface area contributed by atoms with Gasteiger partial charge in [0.1, 0.15) is 5.82 Å². The molecule has 0 radical (unpaired) electrons. The molecule has 0 amide bonds. The molecule has 0 saturated carbocycles. The fourth-order valence-corrected chi connectivity index (χ4v) is 3.14. The first kappa shape index (κ1) is 22.8. The predicted molar refractivity (Wildman–Crippen MR) is 92.0 cm³/mol. The Morgan fingerprint density at radius 1 is 1.32 bits per heavy atom. The maximum absolute atomic E-state index is 13.9. The molecule has 0 fully saturated rings. The number of nitrogens with zero attached hydrogens (tertiary/aromatic N) is 2. The monoisotopic (exact) mass is 400 g/mol. The summed E-state index contributed by atoms with van der Waals surface area (Å²) in [4.78, 5) is 3.91. The van der Waals surface area contributed by atoms with Gasteiger partial charge in [-0.3, -0.25) is 9.63 Å². The van der Waals surface area contributed by atoms with Crippen molar-refractivity contribution in [3.8, 4) is 0 Å². The van der Waals surface area contributed by atoms with Crippen molar-refractivity contribution in [3.63, 3.8) is 0 Å². The van der Waals surface area contributed by atoms with Gasteiger partial charge in [0.25, 0.3) is 0 Å². The zero-order valence-corrected chi connectivity index (χ0v) is 18.3. The average molecular weight is 400 g/mol. The number of rotatable bonds is 5. The molecule has 0 spiro atoms. The van der Waals surface area contributed by atoms with Gasteiger partial charge < -0.3 is 9.87 Å². The van der Waals surface area contributed by atoms with Gasteiger partial charge in [-0.05, 0) is 35.1 Å². The van der Waals surface area contributed by atoms with Crippen LogP contribution in [0.5, 0.6) is 0 Å². The molecule has 2 N–H and O–H groups in total. The van der Waals surface area contributed by atoms with Gasteiger partial charge in [-0.2, -0.15) is 0 Å². The van der Waals surface area contributed by atoms with Gasteiger partial charge in [-0.15, -0.1) is 3.89 Å². The molecule has 2 atom stereocenters. The second-order valence-corrected chi connectivity index (χ2v) is 7.35. The van der Waals surface area contributed by atoms with Crippen LogP contribution in [0.1, 0.15) is 50.7 Å². The van der Waals surface area contributed by atoms with Crippen molar-refractivity contribution in [2.45, 2.75) is 45.8 Å². The molecule has 0 aliphatic carbocycles. The van der Waals surface area contributed by atoms with E-state index in [-0.39, 0.29) is 64.7 Å². The summed E-state index contributed by atoms with van der Waals surface area (Å²) in [5.41, 5.74) is 4.41. The molecule has 1 heterocycles. The molecule has 0 saturated heterocycles. The number of hydrogen-bond acceptors (Lipinski definition) is 7. The summed E-state index contributed by atoms with van der Waals surface area (Å²) in [5, 5.41) is 2.67. The van der Waals surface area contributed by atoms with Crippen molar-refractivity contribution in [3.05, 3.63) is 29.1 Å². The van der Waals surface area contributed by atoms with Gasteiger partial charge in [0.05, 0.1) is 0 Å². The fraction of sp³-hybridized carbons (Fsp3) is 0.500. The Labute approximate surface area is 175 Å². The summed E-state index contributed by atoms with van der Waals surface area (Å²) in [6.07, 6.45) is -0.978. The number of anilines is 1. The van der Waals surface area contributed by atoms with Crippen LogP contribution in [-0.2, 0) is 11.1 Å². The fourth-order valence-electron chi connectivity index (χ4n) is 2.43. The standard InChI is InChI=1S/C14H20F2N4O2S2.Na/c1-7(2)10-5-9(15)6-11(8(3)4)12(10)17-13-18-14(24(21)22)19-20(13)23-16;/h5-8,13,17H,1-4H3,(H,18,19)(H,21,22);/q;+1/p-1. The third kappa shape index (κ3) is 5.38. The molecular weight excluding hydrogens is 381 g/mol. The maximum atomic E-state index is 13.9. The van der Waals surface area contributed by atoms with Gasteiger partial charge >= 0.3 is 29.6 Å². The van der Waals surface area contributed by atoms with Gasteiger partial charge in [0.15, 0.2) is 17.5 Å². The van der Waals surface area contributed by atoms with Crippen LogP contribution in [0.3, 0.4) is 0 Å². The second-order valence-electron chi connectivity index (χ2n) is 5.96. The zero-order valence-electron chi connectivity index (χ0n) is 14.7. The molecule has 134 valence electrons. The minimum absolute atomic E-state index is 0. The molecule has 2 rings (SSSR count). The van der Waals surface area contributed by atoms with Gasteiger partial charge in [0.2, 0.25) is 6.29 Å². The van der Waals surface area contributed by atoms with Crippen LogP contribution >= 0.6 is 12.3 Å². The van der Waals surface area contributed by atoms with E-state index in [0.29, 0.717) is 5.69 Å². The van der Waals surface area contributed by atoms with Crippen LogP contribution in [0.4, 0.5) is 14.0 Å². The van der Waals surface area contributed by atoms with Crippen molar-refractivity contribution in [1.29, 1.82) is 0 Å². The van der Waals surface area contributed by atoms with Gasteiger partial charge in [-0.25, -0.2) is 9.38 Å². The van der Waals surface area contributed by atoms with E-state index in [1.807, 2.05) is 27.7 Å². The Morgan fingerprint density at radius 3 is 2.24 bits per heavy atom. The van der Waals surface area contributed by atoms with Crippen molar-refractivity contribution in [2.75, 3.05) is 5.32 Å². The molecule has 1 aromatic rings. The summed E-state index contributed by atoms with van der Waals surface area (Å²) in [7, 11) is 0. The Balaban J connectivity index is 0.00000312. The minimum Gasteiger partial charge on any atom is -0.766 e. The topological polar surface area (TPSA) is 79.8 Å². The van der Waals surface area contributed by atoms with E-state index in [0.717, 1.165) is 15.5 Å². The van der Waals surface area contributed by atoms with E-state index in [9.17, 15) is 17.0 Å². The summed E-state index contributed by atoms with van der Waals surface area (Å²) in [6.45, 7) is 7.67. The van der Waals surface area contributed by atoms with Crippen LogP contribution in [0, 0.1) is 5.82 Å². The summed E-state index contributed by atoms with van der Waals surface area (Å²) in [5.74, 6) is -0.323. The predicted octanol–water partition coefficient (Wildman–Crippen LogP) is 0.360. The largest absolute Gasteiger partial charge is 1.00 e. The SMILES string of the molecule is CC(C)c1cc(F)cc(C(C)C)c1NC1N=C(S(=O)[O-])NN1SF.[Na+]. The summed E-state index contributed by atoms with van der Waals surface area (Å²) >= 11 is -2.80. The Kier molecular flexibility index (Phi) is 8.79. The average Bonchev–Trinajstić information content (AvgIpc) is 2.91. The Morgan fingerprint density at radius 2 is 1.84 bits per heavy atom. The number of hydrogen-bond donors (Lipinski definition) is 2. The Bertz CT molecular complexity index is 647. The summed E-state index contributed by atoms with van der Waals surface area (Å²) in [6, 6.07) is 2.84. The molecular formula is C14H19F2N4NaO2S2. The van der Waals surface area contributed by atoms with Crippen LogP contribution in [0.25, 0.3) is 0 Å². The molecule has 11 heteroatoms. The number of aliphatic imine (C=N–C) groups is 1. The van der Waals surface area contributed by atoms with Crippen LogP contribution in [0.2, 0.25) is 0 Å². The zero-order chi connectivity index (χ0) is 18.0. The molecule has 0 bridgehead atoms. The third-order valence-electron chi connectivity index (χ3n) is 3.58. The van der Waals surface area contributed by atoms with Crippen molar-refractivity contribution >= 4 is 34.3 Å². The van der Waals surface area contributed by atoms with Crippen LogP contribution < -0.4 is 40.3 Å². The molecule has 25 heavy (non-hydrogen) atoms. The number of nitrogens with one attached hydrogen (secondary N) is 2. The number of benzene rings is 1. The minimum atomic E-state index is -2.61. The van der Waals surface area contributed by atoms with Gasteiger partial charge in [0, 0.05) is 16.8 Å². The molecule has 0 aromatic heterocycles. The summed E-state index contributed by atoms with van der Waals surface area (Å²) < 4.78 is 50.0. The quantitative estimate of drug-likeness (QED) is 0.422. The second kappa shape index (κ2) is 9.63. The van der Waals surface area contributed by atoms with Crippen molar-refractivity contribution in [2.24, 2.45) is 4.99 Å². The van der Waals surface area contributed by atoms with Gasteiger partial charge in [-0.1, -0.05) is 32.1 Å². The molecule has 2 unspecified atom stereocenters. The first-order chi connectivity index (χ1) is 11.2. The first-order valence-corrected chi connectivity index (χ1v) is 9.11. The van der Waals surface area contributed by atoms with E-state index in [1.54, 1.807) is 0 Å². The number of hydrazine groups is 1. The molecule has 1 aromatic carbocycles. The van der Waals surface area contributed by atoms with E-state index in [4.69, 9.17) is 0 Å². The smallest absolute Gasteiger partial charge is 0.766 e. The van der Waals surface area contributed by atoms with E-state index >= 15 is 0 Å².